The summed E-state index contributed by atoms with van der Waals surface area (Å²) in [6, 6.07) is 8.77. The molecule has 0 radical (unpaired) electrons. The van der Waals surface area contributed by atoms with Gasteiger partial charge < -0.3 is 5.32 Å². The summed E-state index contributed by atoms with van der Waals surface area (Å²) < 4.78 is 2.26. The molecule has 0 atom stereocenters. The van der Waals surface area contributed by atoms with Crippen LogP contribution in [0.5, 0.6) is 0 Å². The summed E-state index contributed by atoms with van der Waals surface area (Å²) in [5.41, 5.74) is 0.465. The maximum Gasteiger partial charge on any atom is 0.352 e. The molecule has 2 heterocycles. The molecule has 1 aromatic carbocycles. The standard InChI is InChI=1S/C14H13N7O2/c1-20-14(23)21-8-17-11(13(21)18-19-20)12(15)16-7-10(22)9-5-3-2-4-6-9/h2-6,8H,7H2,1H3,(H2,15,16). The van der Waals surface area contributed by atoms with Crippen molar-refractivity contribution in [2.45, 2.75) is 0 Å². The predicted octanol–water partition coefficient (Wildman–Crippen LogP) is -0.379. The molecule has 0 unspecified atom stereocenters. The topological polar surface area (TPSA) is 118 Å². The quantitative estimate of drug-likeness (QED) is 0.385. The highest BCUT2D eigenvalue weighted by atomic mass is 16.2. The highest BCUT2D eigenvalue weighted by molar-refractivity contribution is 6.04. The Bertz CT molecular complexity index is 943. The van der Waals surface area contributed by atoms with Gasteiger partial charge in [0.2, 0.25) is 0 Å². The molecule has 0 amide bonds. The van der Waals surface area contributed by atoms with Crippen LogP contribution < -0.4 is 11.0 Å². The molecule has 9 nitrogen and oxygen atoms in total. The van der Waals surface area contributed by atoms with Gasteiger partial charge in [-0.2, -0.15) is 4.68 Å². The lowest BCUT2D eigenvalue weighted by Crippen LogP contribution is -2.31. The molecule has 0 saturated heterocycles. The maximum absolute atomic E-state index is 12.0. The first-order valence-electron chi connectivity index (χ1n) is 6.76. The van der Waals surface area contributed by atoms with E-state index in [0.29, 0.717) is 5.56 Å². The first-order valence-corrected chi connectivity index (χ1v) is 6.76. The third-order valence-electron chi connectivity index (χ3n) is 3.26. The highest BCUT2D eigenvalue weighted by Gasteiger charge is 2.15. The summed E-state index contributed by atoms with van der Waals surface area (Å²) in [6.07, 6.45) is 1.27. The molecule has 3 rings (SSSR count). The Labute approximate surface area is 130 Å². The van der Waals surface area contributed by atoms with E-state index in [1.165, 1.54) is 17.8 Å². The number of hydrogen-bond acceptors (Lipinski definition) is 6. The van der Waals surface area contributed by atoms with Crippen LogP contribution in [0.25, 0.3) is 5.65 Å². The Morgan fingerprint density at radius 2 is 2.04 bits per heavy atom. The molecule has 0 aliphatic carbocycles. The van der Waals surface area contributed by atoms with Gasteiger partial charge in [0, 0.05) is 12.6 Å². The number of nitrogens with one attached hydrogen (secondary N) is 2. The van der Waals surface area contributed by atoms with Crippen LogP contribution in [-0.4, -0.2) is 42.5 Å². The first kappa shape index (κ1) is 14.6. The largest absolute Gasteiger partial charge is 0.361 e. The summed E-state index contributed by atoms with van der Waals surface area (Å²) in [6.45, 7) is -0.0554. The zero-order chi connectivity index (χ0) is 16.4. The van der Waals surface area contributed by atoms with Crippen LogP contribution in [-0.2, 0) is 7.05 Å². The third-order valence-corrected chi connectivity index (χ3v) is 3.26. The van der Waals surface area contributed by atoms with Crippen molar-refractivity contribution in [1.82, 2.24) is 29.7 Å². The fraction of sp³-hybridized carbons (Fsp3) is 0.143. The number of carbonyl (C=O) groups is 1. The number of amidine groups is 1. The van der Waals surface area contributed by atoms with E-state index in [0.717, 1.165) is 4.68 Å². The number of imidazole rings is 1. The lowest BCUT2D eigenvalue weighted by Gasteiger charge is -2.05. The van der Waals surface area contributed by atoms with Crippen molar-refractivity contribution in [2.24, 2.45) is 7.05 Å². The lowest BCUT2D eigenvalue weighted by molar-refractivity contribution is 0.0996. The van der Waals surface area contributed by atoms with Gasteiger partial charge in [-0.05, 0) is 0 Å². The number of benzene rings is 1. The van der Waals surface area contributed by atoms with Crippen molar-refractivity contribution in [1.29, 1.82) is 5.41 Å². The van der Waals surface area contributed by atoms with Gasteiger partial charge in [-0.25, -0.2) is 14.2 Å². The fourth-order valence-electron chi connectivity index (χ4n) is 2.04. The second kappa shape index (κ2) is 5.79. The normalized spacial score (nSPS) is 10.7. The molecule has 0 bridgehead atoms. The van der Waals surface area contributed by atoms with Gasteiger partial charge in [0.05, 0.1) is 6.54 Å². The average Bonchev–Trinajstić information content (AvgIpc) is 3.01. The van der Waals surface area contributed by atoms with Gasteiger partial charge in [0.25, 0.3) is 0 Å². The minimum absolute atomic E-state index is 0.0554. The molecule has 23 heavy (non-hydrogen) atoms. The number of rotatable bonds is 4. The summed E-state index contributed by atoms with van der Waals surface area (Å²) in [7, 11) is 1.47. The average molecular weight is 311 g/mol. The minimum atomic E-state index is -0.415. The summed E-state index contributed by atoms with van der Waals surface area (Å²) in [5, 5.41) is 18.2. The second-order valence-electron chi connectivity index (χ2n) is 4.80. The van der Waals surface area contributed by atoms with E-state index in [4.69, 9.17) is 5.41 Å². The van der Waals surface area contributed by atoms with Gasteiger partial charge in [-0.15, -0.1) is 5.10 Å². The molecule has 3 aromatic rings. The van der Waals surface area contributed by atoms with Crippen LogP contribution >= 0.6 is 0 Å². The van der Waals surface area contributed by atoms with Gasteiger partial charge in [0.1, 0.15) is 12.2 Å². The number of Topliss-reactive ketones (excluding diaryl/α,β-unsaturated/α-hetero) is 1. The van der Waals surface area contributed by atoms with Crippen molar-refractivity contribution in [3.05, 3.63) is 58.4 Å². The van der Waals surface area contributed by atoms with Crippen LogP contribution in [0.15, 0.2) is 41.5 Å². The summed E-state index contributed by atoms with van der Waals surface area (Å²) in [4.78, 5) is 27.9. The SMILES string of the molecule is Cn1nnc2c(C(=N)NCC(=O)c3ccccc3)ncn2c1=O. The van der Waals surface area contributed by atoms with E-state index in [2.05, 4.69) is 20.6 Å². The van der Waals surface area contributed by atoms with E-state index in [9.17, 15) is 9.59 Å². The Morgan fingerprint density at radius 1 is 1.30 bits per heavy atom. The molecule has 116 valence electrons. The van der Waals surface area contributed by atoms with Crippen molar-refractivity contribution in [3.63, 3.8) is 0 Å². The van der Waals surface area contributed by atoms with Crippen LogP contribution in [0.2, 0.25) is 0 Å². The highest BCUT2D eigenvalue weighted by Crippen LogP contribution is 2.03. The zero-order valence-corrected chi connectivity index (χ0v) is 12.2. The van der Waals surface area contributed by atoms with Crippen molar-refractivity contribution in [2.75, 3.05) is 6.54 Å². The molecule has 0 aliphatic rings. The molecule has 0 spiro atoms. The predicted molar refractivity (Wildman–Crippen MR) is 81.6 cm³/mol. The Balaban J connectivity index is 1.78. The number of ketones is 1. The lowest BCUT2D eigenvalue weighted by atomic mass is 10.1. The van der Waals surface area contributed by atoms with Gasteiger partial charge in [-0.3, -0.25) is 10.2 Å². The first-order chi connectivity index (χ1) is 11.1. The third kappa shape index (κ3) is 2.71. The molecular formula is C14H13N7O2. The van der Waals surface area contributed by atoms with E-state index >= 15 is 0 Å². The molecule has 2 N–H and O–H groups in total. The molecule has 2 aromatic heterocycles. The van der Waals surface area contributed by atoms with E-state index < -0.39 is 5.69 Å². The van der Waals surface area contributed by atoms with Crippen LogP contribution in [0.1, 0.15) is 16.1 Å². The van der Waals surface area contributed by atoms with E-state index in [1.807, 2.05) is 6.07 Å². The van der Waals surface area contributed by atoms with Gasteiger partial charge in [0.15, 0.2) is 17.1 Å². The maximum atomic E-state index is 12.0. The molecule has 0 aliphatic heterocycles. The number of hydrogen-bond donors (Lipinski definition) is 2. The van der Waals surface area contributed by atoms with Crippen molar-refractivity contribution < 1.29 is 4.79 Å². The van der Waals surface area contributed by atoms with Gasteiger partial charge in [-0.1, -0.05) is 35.5 Å². The molecule has 9 heteroatoms. The molecule has 0 saturated carbocycles. The fourth-order valence-corrected chi connectivity index (χ4v) is 2.04. The number of carbonyl (C=O) groups excluding carboxylic acids is 1. The van der Waals surface area contributed by atoms with Crippen LogP contribution in [0.4, 0.5) is 0 Å². The number of fused-ring (bicyclic) bond motifs is 1. The van der Waals surface area contributed by atoms with Crippen LogP contribution in [0.3, 0.4) is 0 Å². The Kier molecular flexibility index (Phi) is 3.67. The van der Waals surface area contributed by atoms with E-state index in [1.54, 1.807) is 24.3 Å². The van der Waals surface area contributed by atoms with E-state index in [-0.39, 0.29) is 29.5 Å². The zero-order valence-electron chi connectivity index (χ0n) is 12.2. The number of nitrogens with zero attached hydrogens (tertiary/aromatic N) is 5. The Hall–Kier alpha value is -3.36. The monoisotopic (exact) mass is 311 g/mol. The molecular weight excluding hydrogens is 298 g/mol. The van der Waals surface area contributed by atoms with Gasteiger partial charge >= 0.3 is 5.69 Å². The number of aryl methyl sites for hydroxylation is 1. The smallest absolute Gasteiger partial charge is 0.352 e. The molecule has 0 fully saturated rings. The van der Waals surface area contributed by atoms with Crippen molar-refractivity contribution in [3.8, 4) is 0 Å². The van der Waals surface area contributed by atoms with Crippen LogP contribution in [0, 0.1) is 5.41 Å². The second-order valence-corrected chi connectivity index (χ2v) is 4.80. The Morgan fingerprint density at radius 3 is 2.78 bits per heavy atom. The minimum Gasteiger partial charge on any atom is -0.361 e. The summed E-state index contributed by atoms with van der Waals surface area (Å²) >= 11 is 0. The van der Waals surface area contributed by atoms with Crippen molar-refractivity contribution >= 4 is 17.3 Å². The number of aromatic nitrogens is 5. The summed E-state index contributed by atoms with van der Waals surface area (Å²) in [5.74, 6) is -0.250.